The lowest BCUT2D eigenvalue weighted by molar-refractivity contribution is -0.717. The first-order valence-corrected chi connectivity index (χ1v) is 14.3. The van der Waals surface area contributed by atoms with Gasteiger partial charge in [-0.1, -0.05) is 0 Å². The third-order valence-electron chi connectivity index (χ3n) is 7.80. The number of piperidine rings is 1. The standard InChI is InChI=1S/C21H39ClN4O5S/c22-15-4-6-16(7-5-15)32(29,30)24-13-17-20(21(28)18(14-27)31-17)26-11-9-25(10-12-26)19-3-1-2-8-23-19/h15-21,23-24,27-28H,1-14H2/p+1/t15?,16?,17-,18+,19?,20-,21-/m1/s1. The van der Waals surface area contributed by atoms with Crippen molar-refractivity contribution in [1.82, 2.24) is 14.5 Å². The molecule has 1 saturated carbocycles. The number of alkyl halides is 1. The lowest BCUT2D eigenvalue weighted by Gasteiger charge is -2.42. The van der Waals surface area contributed by atoms with Crippen molar-refractivity contribution in [3.8, 4) is 0 Å². The highest BCUT2D eigenvalue weighted by molar-refractivity contribution is 7.90. The Morgan fingerprint density at radius 2 is 1.69 bits per heavy atom. The molecule has 4 fully saturated rings. The number of quaternary nitrogens is 1. The van der Waals surface area contributed by atoms with Crippen LogP contribution in [0.4, 0.5) is 0 Å². The number of rotatable bonds is 7. The number of nitrogens with zero attached hydrogens (tertiary/aromatic N) is 2. The Balaban J connectivity index is 1.35. The molecule has 1 aliphatic carbocycles. The van der Waals surface area contributed by atoms with E-state index in [1.807, 2.05) is 0 Å². The molecule has 5 atom stereocenters. The largest absolute Gasteiger partial charge is 0.394 e. The molecule has 0 spiro atoms. The van der Waals surface area contributed by atoms with Crippen LogP contribution in [-0.4, -0.2) is 115 Å². The Hall–Kier alpha value is -0.0400. The number of nitrogens with one attached hydrogen (secondary N) is 1. The van der Waals surface area contributed by atoms with Gasteiger partial charge in [0.2, 0.25) is 10.0 Å². The molecule has 0 aromatic rings. The molecule has 1 unspecified atom stereocenters. The number of halogens is 1. The Labute approximate surface area is 196 Å². The number of aliphatic hydroxyl groups excluding tert-OH is 2. The van der Waals surface area contributed by atoms with Gasteiger partial charge in [-0.3, -0.25) is 9.80 Å². The lowest BCUT2D eigenvalue weighted by atomic mass is 10.00. The highest BCUT2D eigenvalue weighted by atomic mass is 35.5. The van der Waals surface area contributed by atoms with E-state index >= 15 is 0 Å². The Kier molecular flexibility index (Phi) is 8.72. The van der Waals surface area contributed by atoms with E-state index in [4.69, 9.17) is 16.3 Å². The van der Waals surface area contributed by atoms with Crippen LogP contribution in [0, 0.1) is 0 Å². The van der Waals surface area contributed by atoms with Crippen LogP contribution in [0.2, 0.25) is 0 Å². The lowest BCUT2D eigenvalue weighted by Crippen LogP contribution is -2.95. The highest BCUT2D eigenvalue weighted by Crippen LogP contribution is 2.29. The topological polar surface area (TPSA) is 119 Å². The summed E-state index contributed by atoms with van der Waals surface area (Å²) in [5.41, 5.74) is 0. The first kappa shape index (κ1) is 25.1. The Morgan fingerprint density at radius 3 is 2.31 bits per heavy atom. The zero-order valence-corrected chi connectivity index (χ0v) is 20.4. The minimum atomic E-state index is -3.48. The van der Waals surface area contributed by atoms with E-state index in [-0.39, 0.29) is 24.6 Å². The Bertz CT molecular complexity index is 694. The van der Waals surface area contributed by atoms with Crippen LogP contribution in [-0.2, 0) is 14.8 Å². The third kappa shape index (κ3) is 5.78. The molecule has 3 heterocycles. The van der Waals surface area contributed by atoms with Crippen LogP contribution in [0.1, 0.15) is 44.9 Å². The molecule has 4 aliphatic rings. The fourth-order valence-electron chi connectivity index (χ4n) is 5.87. The van der Waals surface area contributed by atoms with Gasteiger partial charge in [-0.2, -0.15) is 0 Å². The second kappa shape index (κ2) is 11.1. The fraction of sp³-hybridized carbons (Fsp3) is 1.00. The maximum atomic E-state index is 12.8. The number of sulfonamides is 1. The average molecular weight is 496 g/mol. The van der Waals surface area contributed by atoms with Gasteiger partial charge in [-0.25, -0.2) is 13.1 Å². The molecule has 9 nitrogen and oxygen atoms in total. The number of piperazine rings is 1. The van der Waals surface area contributed by atoms with Crippen molar-refractivity contribution in [2.75, 3.05) is 45.9 Å². The van der Waals surface area contributed by atoms with E-state index in [1.54, 1.807) is 0 Å². The maximum Gasteiger partial charge on any atom is 0.214 e. The molecule has 5 N–H and O–H groups in total. The second-order valence-electron chi connectivity index (χ2n) is 9.80. The average Bonchev–Trinajstić information content (AvgIpc) is 3.14. The van der Waals surface area contributed by atoms with E-state index in [1.165, 1.54) is 25.8 Å². The van der Waals surface area contributed by atoms with Gasteiger partial charge >= 0.3 is 0 Å². The van der Waals surface area contributed by atoms with E-state index in [0.717, 1.165) is 26.2 Å². The molecule has 4 rings (SSSR count). The summed E-state index contributed by atoms with van der Waals surface area (Å²) in [6.07, 6.45) is 4.88. The van der Waals surface area contributed by atoms with E-state index < -0.39 is 33.6 Å². The van der Waals surface area contributed by atoms with Gasteiger partial charge < -0.3 is 20.3 Å². The summed E-state index contributed by atoms with van der Waals surface area (Å²) in [6, 6.07) is -0.328. The summed E-state index contributed by atoms with van der Waals surface area (Å²) in [5.74, 6) is 0. The normalized spacial score (nSPS) is 40.5. The van der Waals surface area contributed by atoms with Crippen molar-refractivity contribution in [3.63, 3.8) is 0 Å². The SMILES string of the molecule is O=S(=O)(NC[C@H]1O[C@@H](CO)[C@@H](O)[C@@H]1N1CCN(C2CCCC[NH2+]2)CC1)C1CCC(Cl)CC1. The number of aliphatic hydroxyl groups is 2. The fourth-order valence-corrected chi connectivity index (χ4v) is 7.65. The number of nitrogens with two attached hydrogens (primary N) is 1. The highest BCUT2D eigenvalue weighted by Gasteiger charge is 2.47. The van der Waals surface area contributed by atoms with Gasteiger partial charge in [0.05, 0.1) is 30.5 Å². The van der Waals surface area contributed by atoms with Gasteiger partial charge in [-0.05, 0) is 38.5 Å². The first-order valence-electron chi connectivity index (χ1n) is 12.3. The minimum Gasteiger partial charge on any atom is -0.394 e. The molecular formula is C21H40ClN4O5S+. The van der Waals surface area contributed by atoms with Crippen molar-refractivity contribution < 1.29 is 28.7 Å². The van der Waals surface area contributed by atoms with Crippen LogP contribution in [0.3, 0.4) is 0 Å². The van der Waals surface area contributed by atoms with E-state index in [9.17, 15) is 18.6 Å². The van der Waals surface area contributed by atoms with Gasteiger partial charge in [0.15, 0.2) is 0 Å². The monoisotopic (exact) mass is 495 g/mol. The zero-order valence-electron chi connectivity index (χ0n) is 18.8. The molecule has 0 aromatic carbocycles. The minimum absolute atomic E-state index is 0.0642. The van der Waals surface area contributed by atoms with Gasteiger partial charge in [0, 0.05) is 44.5 Å². The van der Waals surface area contributed by atoms with E-state index in [2.05, 4.69) is 19.8 Å². The predicted molar refractivity (Wildman–Crippen MR) is 122 cm³/mol. The quantitative estimate of drug-likeness (QED) is 0.322. The van der Waals surface area contributed by atoms with Crippen LogP contribution < -0.4 is 10.0 Å². The van der Waals surface area contributed by atoms with Crippen molar-refractivity contribution in [1.29, 1.82) is 0 Å². The molecule has 3 saturated heterocycles. The van der Waals surface area contributed by atoms with Gasteiger partial charge in [0.25, 0.3) is 0 Å². The van der Waals surface area contributed by atoms with Crippen LogP contribution in [0.15, 0.2) is 0 Å². The molecule has 11 heteroatoms. The zero-order chi connectivity index (χ0) is 22.7. The molecule has 0 radical (unpaired) electrons. The third-order valence-corrected chi connectivity index (χ3v) is 10.2. The smallest absolute Gasteiger partial charge is 0.214 e. The summed E-state index contributed by atoms with van der Waals surface area (Å²) >= 11 is 6.13. The summed E-state index contributed by atoms with van der Waals surface area (Å²) in [7, 11) is -3.48. The van der Waals surface area contributed by atoms with Gasteiger partial charge in [-0.15, -0.1) is 11.6 Å². The predicted octanol–water partition coefficient (Wildman–Crippen LogP) is -1.36. The van der Waals surface area contributed by atoms with Gasteiger partial charge in [0.1, 0.15) is 18.4 Å². The molecule has 32 heavy (non-hydrogen) atoms. The summed E-state index contributed by atoms with van der Waals surface area (Å²) < 4.78 is 34.3. The van der Waals surface area contributed by atoms with Crippen molar-refractivity contribution >= 4 is 21.6 Å². The van der Waals surface area contributed by atoms with Crippen molar-refractivity contribution in [2.24, 2.45) is 0 Å². The summed E-state index contributed by atoms with van der Waals surface area (Å²) in [6.45, 7) is 4.47. The Morgan fingerprint density at radius 1 is 1.00 bits per heavy atom. The molecule has 3 aliphatic heterocycles. The number of hydrogen-bond donors (Lipinski definition) is 4. The molecule has 0 aromatic heterocycles. The molecule has 0 amide bonds. The van der Waals surface area contributed by atoms with Crippen LogP contribution in [0.25, 0.3) is 0 Å². The van der Waals surface area contributed by atoms with Crippen molar-refractivity contribution in [3.05, 3.63) is 0 Å². The molecular weight excluding hydrogens is 456 g/mol. The molecule has 0 bridgehead atoms. The van der Waals surface area contributed by atoms with E-state index in [0.29, 0.717) is 31.8 Å². The molecule has 186 valence electrons. The first-order chi connectivity index (χ1) is 15.4. The maximum absolute atomic E-state index is 12.8. The number of hydrogen-bond acceptors (Lipinski definition) is 7. The number of ether oxygens (including phenoxy) is 1. The summed E-state index contributed by atoms with van der Waals surface area (Å²) in [5, 5.41) is 22.6. The summed E-state index contributed by atoms with van der Waals surface area (Å²) in [4.78, 5) is 4.74. The van der Waals surface area contributed by atoms with Crippen molar-refractivity contribution in [2.45, 2.75) is 86.1 Å². The van der Waals surface area contributed by atoms with Crippen LogP contribution in [0.5, 0.6) is 0 Å². The second-order valence-corrected chi connectivity index (χ2v) is 12.5. The van der Waals surface area contributed by atoms with Crippen LogP contribution >= 0.6 is 11.6 Å².